The number of hydrogen-bond acceptors (Lipinski definition) is 2. The molecule has 19 heavy (non-hydrogen) atoms. The van der Waals surface area contributed by atoms with Crippen molar-refractivity contribution in [3.63, 3.8) is 0 Å². The Morgan fingerprint density at radius 1 is 0.895 bits per heavy atom. The summed E-state index contributed by atoms with van der Waals surface area (Å²) >= 11 is 23.4. The van der Waals surface area contributed by atoms with Gasteiger partial charge in [0.1, 0.15) is 5.75 Å². The molecule has 2 nitrogen and oxygen atoms in total. The van der Waals surface area contributed by atoms with Gasteiger partial charge in [0.25, 0.3) is 0 Å². The Bertz CT molecular complexity index is 655. The normalized spacial score (nSPS) is 11.2. The summed E-state index contributed by atoms with van der Waals surface area (Å²) in [6.45, 7) is 0. The summed E-state index contributed by atoms with van der Waals surface area (Å²) in [6.07, 6.45) is 1.43. The van der Waals surface area contributed by atoms with Gasteiger partial charge in [0, 0.05) is 21.8 Å². The van der Waals surface area contributed by atoms with Crippen LogP contribution in [0.15, 0.2) is 35.3 Å². The van der Waals surface area contributed by atoms with Crippen molar-refractivity contribution in [2.45, 2.75) is 0 Å². The highest BCUT2D eigenvalue weighted by atomic mass is 35.5. The fraction of sp³-hybridized carbons (Fsp3) is 0. The molecule has 0 fully saturated rings. The van der Waals surface area contributed by atoms with E-state index >= 15 is 0 Å². The minimum absolute atomic E-state index is 0.0834. The summed E-state index contributed by atoms with van der Waals surface area (Å²) in [7, 11) is 0. The number of phenolic OH excluding ortho intramolecular Hbond substituents is 1. The highest BCUT2D eigenvalue weighted by Crippen LogP contribution is 2.32. The average Bonchev–Trinajstić information content (AvgIpc) is 2.33. The first-order valence-electron chi connectivity index (χ1n) is 5.14. The summed E-state index contributed by atoms with van der Waals surface area (Å²) in [4.78, 5) is 4.17. The molecule has 98 valence electrons. The van der Waals surface area contributed by atoms with Crippen LogP contribution in [0.1, 0.15) is 5.56 Å². The van der Waals surface area contributed by atoms with Gasteiger partial charge in [-0.2, -0.15) is 0 Å². The largest absolute Gasteiger partial charge is 0.506 e. The Hall–Kier alpha value is -0.930. The Morgan fingerprint density at radius 3 is 2.26 bits per heavy atom. The van der Waals surface area contributed by atoms with E-state index in [1.54, 1.807) is 24.3 Å². The van der Waals surface area contributed by atoms with E-state index in [1.165, 1.54) is 12.3 Å². The van der Waals surface area contributed by atoms with Crippen LogP contribution in [-0.2, 0) is 0 Å². The number of aromatic hydroxyl groups is 1. The predicted octanol–water partition coefficient (Wildman–Crippen LogP) is 5.76. The smallest absolute Gasteiger partial charge is 0.143 e. The minimum Gasteiger partial charge on any atom is -0.506 e. The SMILES string of the molecule is Oc1c(Cl)cc(Cl)cc1C=Nc1ccc(Cl)cc1Cl. The molecule has 2 aromatic rings. The molecule has 0 amide bonds. The van der Waals surface area contributed by atoms with Gasteiger partial charge in [0.05, 0.1) is 15.7 Å². The van der Waals surface area contributed by atoms with Crippen LogP contribution in [0.3, 0.4) is 0 Å². The molecule has 2 rings (SSSR count). The van der Waals surface area contributed by atoms with Crippen molar-refractivity contribution in [3.8, 4) is 5.75 Å². The number of halogens is 4. The zero-order chi connectivity index (χ0) is 14.0. The van der Waals surface area contributed by atoms with E-state index in [-0.39, 0.29) is 10.8 Å². The van der Waals surface area contributed by atoms with E-state index in [1.807, 2.05) is 0 Å². The third kappa shape index (κ3) is 3.54. The summed E-state index contributed by atoms with van der Waals surface area (Å²) < 4.78 is 0. The Kier molecular flexibility index (Phi) is 4.58. The fourth-order valence-corrected chi connectivity index (χ4v) is 2.38. The zero-order valence-electron chi connectivity index (χ0n) is 9.37. The first-order chi connectivity index (χ1) is 8.97. The molecule has 0 aromatic heterocycles. The van der Waals surface area contributed by atoms with Crippen molar-refractivity contribution in [1.82, 2.24) is 0 Å². The molecule has 0 aliphatic carbocycles. The van der Waals surface area contributed by atoms with Gasteiger partial charge in [0.15, 0.2) is 0 Å². The molecule has 0 unspecified atom stereocenters. The summed E-state index contributed by atoms with van der Waals surface area (Å²) in [5.74, 6) is -0.0834. The molecular weight excluding hydrogens is 328 g/mol. The average molecular weight is 335 g/mol. The molecule has 6 heteroatoms. The molecule has 0 saturated heterocycles. The van der Waals surface area contributed by atoms with E-state index in [2.05, 4.69) is 4.99 Å². The lowest BCUT2D eigenvalue weighted by atomic mass is 10.2. The third-order valence-electron chi connectivity index (χ3n) is 2.31. The zero-order valence-corrected chi connectivity index (χ0v) is 12.4. The Balaban J connectivity index is 2.38. The standard InChI is InChI=1S/C13H7Cl4NO/c14-8-1-2-12(10(16)4-8)18-6-7-3-9(15)5-11(17)13(7)19/h1-6,19H. The van der Waals surface area contributed by atoms with Gasteiger partial charge in [-0.1, -0.05) is 46.4 Å². The topological polar surface area (TPSA) is 32.6 Å². The monoisotopic (exact) mass is 333 g/mol. The highest BCUT2D eigenvalue weighted by molar-refractivity contribution is 6.37. The predicted molar refractivity (Wildman–Crippen MR) is 81.8 cm³/mol. The number of rotatable bonds is 2. The van der Waals surface area contributed by atoms with Gasteiger partial charge in [-0.25, -0.2) is 0 Å². The maximum absolute atomic E-state index is 9.78. The lowest BCUT2D eigenvalue weighted by Crippen LogP contribution is -1.84. The van der Waals surface area contributed by atoms with Gasteiger partial charge in [-0.05, 0) is 30.3 Å². The maximum atomic E-state index is 9.78. The number of nitrogens with zero attached hydrogens (tertiary/aromatic N) is 1. The molecule has 0 spiro atoms. The summed E-state index contributed by atoms with van der Waals surface area (Å²) in [5.41, 5.74) is 0.935. The van der Waals surface area contributed by atoms with E-state index < -0.39 is 0 Å². The number of hydrogen-bond donors (Lipinski definition) is 1. The van der Waals surface area contributed by atoms with Crippen LogP contribution >= 0.6 is 46.4 Å². The van der Waals surface area contributed by atoms with Crippen molar-refractivity contribution in [3.05, 3.63) is 56.0 Å². The second-order valence-corrected chi connectivity index (χ2v) is 5.37. The van der Waals surface area contributed by atoms with Crippen molar-refractivity contribution in [2.24, 2.45) is 4.99 Å². The van der Waals surface area contributed by atoms with Crippen molar-refractivity contribution in [2.75, 3.05) is 0 Å². The van der Waals surface area contributed by atoms with Crippen LogP contribution < -0.4 is 0 Å². The van der Waals surface area contributed by atoms with E-state index in [0.717, 1.165) is 0 Å². The first kappa shape index (κ1) is 14.5. The molecule has 0 aliphatic heterocycles. The molecule has 0 aliphatic rings. The van der Waals surface area contributed by atoms with Gasteiger partial charge < -0.3 is 5.11 Å². The van der Waals surface area contributed by atoms with Gasteiger partial charge >= 0.3 is 0 Å². The van der Waals surface area contributed by atoms with E-state index in [0.29, 0.717) is 26.3 Å². The second kappa shape index (κ2) is 6.02. The quantitative estimate of drug-likeness (QED) is 0.696. The first-order valence-corrected chi connectivity index (χ1v) is 6.65. The molecule has 0 saturated carbocycles. The summed E-state index contributed by atoms with van der Waals surface area (Å²) in [5, 5.41) is 11.3. The van der Waals surface area contributed by atoms with Crippen LogP contribution in [0, 0.1) is 0 Å². The molecular formula is C13H7Cl4NO. The van der Waals surface area contributed by atoms with E-state index in [4.69, 9.17) is 46.4 Å². The molecule has 1 N–H and O–H groups in total. The van der Waals surface area contributed by atoms with Crippen LogP contribution in [0.5, 0.6) is 5.75 Å². The summed E-state index contributed by atoms with van der Waals surface area (Å²) in [6, 6.07) is 7.93. The fourth-order valence-electron chi connectivity index (χ4n) is 1.41. The van der Waals surface area contributed by atoms with Crippen LogP contribution in [0.25, 0.3) is 0 Å². The number of benzene rings is 2. The maximum Gasteiger partial charge on any atom is 0.143 e. The van der Waals surface area contributed by atoms with Gasteiger partial charge in [0.2, 0.25) is 0 Å². The van der Waals surface area contributed by atoms with Crippen molar-refractivity contribution in [1.29, 1.82) is 0 Å². The van der Waals surface area contributed by atoms with E-state index in [9.17, 15) is 5.11 Å². The Morgan fingerprint density at radius 2 is 1.58 bits per heavy atom. The molecule has 0 bridgehead atoms. The highest BCUT2D eigenvalue weighted by Gasteiger charge is 2.06. The van der Waals surface area contributed by atoms with Gasteiger partial charge in [-0.15, -0.1) is 0 Å². The van der Waals surface area contributed by atoms with Crippen molar-refractivity contribution < 1.29 is 5.11 Å². The van der Waals surface area contributed by atoms with Crippen LogP contribution in [0.2, 0.25) is 20.1 Å². The minimum atomic E-state index is -0.0834. The van der Waals surface area contributed by atoms with Gasteiger partial charge in [-0.3, -0.25) is 4.99 Å². The molecule has 0 radical (unpaired) electrons. The molecule has 0 heterocycles. The molecule has 2 aromatic carbocycles. The lowest BCUT2D eigenvalue weighted by molar-refractivity contribution is 0.475. The third-order valence-corrected chi connectivity index (χ3v) is 3.35. The van der Waals surface area contributed by atoms with Crippen LogP contribution in [0.4, 0.5) is 5.69 Å². The second-order valence-electron chi connectivity index (χ2n) is 3.68. The molecule has 0 atom stereocenters. The lowest BCUT2D eigenvalue weighted by Gasteiger charge is -2.03. The number of phenols is 1. The van der Waals surface area contributed by atoms with Crippen LogP contribution in [-0.4, -0.2) is 11.3 Å². The van der Waals surface area contributed by atoms with Crippen molar-refractivity contribution >= 4 is 58.3 Å². The Labute approximate surface area is 130 Å². The number of aliphatic imine (C=N–C) groups is 1.